The molecule has 0 saturated heterocycles. The van der Waals surface area contributed by atoms with Crippen molar-refractivity contribution in [1.82, 2.24) is 5.43 Å². The number of methoxy groups -OCH3 is 1. The van der Waals surface area contributed by atoms with Crippen molar-refractivity contribution < 1.29 is 14.6 Å². The molecule has 0 atom stereocenters. The first-order valence-electron chi connectivity index (χ1n) is 6.67. The highest BCUT2D eigenvalue weighted by atomic mass is 16.5. The molecule has 2 rings (SSSR count). The van der Waals surface area contributed by atoms with E-state index in [9.17, 15) is 9.90 Å². The minimum Gasteiger partial charge on any atom is -0.507 e. The summed E-state index contributed by atoms with van der Waals surface area (Å²) in [7, 11) is 1.60. The number of benzene rings is 2. The Labute approximate surface area is 128 Å². The maximum Gasteiger partial charge on any atom is 0.259 e. The minimum absolute atomic E-state index is 0.0877. The fraction of sp³-hybridized carbons (Fsp3) is 0.125. The lowest BCUT2D eigenvalue weighted by molar-refractivity contribution is -0.119. The third-order valence-corrected chi connectivity index (χ3v) is 2.87. The zero-order chi connectivity index (χ0) is 15.8. The highest BCUT2D eigenvalue weighted by molar-refractivity contribution is 5.86. The van der Waals surface area contributed by atoms with Gasteiger partial charge in [-0.05, 0) is 36.4 Å². The second-order valence-corrected chi connectivity index (χ2v) is 4.43. The number of amides is 1. The van der Waals surface area contributed by atoms with Crippen molar-refractivity contribution >= 4 is 17.8 Å². The van der Waals surface area contributed by atoms with Gasteiger partial charge in [0.05, 0.1) is 19.9 Å². The summed E-state index contributed by atoms with van der Waals surface area (Å²) in [6.07, 6.45) is 1.39. The van der Waals surface area contributed by atoms with Crippen LogP contribution in [0.3, 0.4) is 0 Å². The maximum absolute atomic E-state index is 11.6. The number of carbonyl (C=O) groups is 1. The van der Waals surface area contributed by atoms with Crippen molar-refractivity contribution in [3.05, 3.63) is 54.1 Å². The number of para-hydroxylation sites is 1. The van der Waals surface area contributed by atoms with E-state index in [0.717, 1.165) is 11.4 Å². The summed E-state index contributed by atoms with van der Waals surface area (Å²) >= 11 is 0. The molecule has 2 aromatic carbocycles. The maximum atomic E-state index is 11.6. The van der Waals surface area contributed by atoms with Gasteiger partial charge < -0.3 is 15.2 Å². The van der Waals surface area contributed by atoms with E-state index in [2.05, 4.69) is 15.8 Å². The average molecular weight is 299 g/mol. The third-order valence-electron chi connectivity index (χ3n) is 2.87. The summed E-state index contributed by atoms with van der Waals surface area (Å²) in [6.45, 7) is 0.0877. The smallest absolute Gasteiger partial charge is 0.259 e. The topological polar surface area (TPSA) is 83.0 Å². The summed E-state index contributed by atoms with van der Waals surface area (Å²) in [6, 6.07) is 14.0. The number of nitrogens with one attached hydrogen (secondary N) is 2. The number of aromatic hydroxyl groups is 1. The molecule has 0 bridgehead atoms. The molecule has 2 aromatic rings. The van der Waals surface area contributed by atoms with Crippen molar-refractivity contribution in [3.8, 4) is 11.5 Å². The van der Waals surface area contributed by atoms with Crippen molar-refractivity contribution in [2.45, 2.75) is 0 Å². The fourth-order valence-corrected chi connectivity index (χ4v) is 1.70. The molecular weight excluding hydrogens is 282 g/mol. The van der Waals surface area contributed by atoms with E-state index < -0.39 is 0 Å². The SMILES string of the molecule is COc1ccc(NCC(=O)N/N=C/c2ccccc2O)cc1. The van der Waals surface area contributed by atoms with Crippen LogP contribution in [-0.2, 0) is 4.79 Å². The lowest BCUT2D eigenvalue weighted by Crippen LogP contribution is -2.25. The van der Waals surface area contributed by atoms with Gasteiger partial charge in [0.1, 0.15) is 11.5 Å². The van der Waals surface area contributed by atoms with Crippen molar-refractivity contribution in [2.24, 2.45) is 5.10 Å². The van der Waals surface area contributed by atoms with E-state index in [-0.39, 0.29) is 18.2 Å². The molecule has 6 nitrogen and oxygen atoms in total. The molecule has 0 spiro atoms. The van der Waals surface area contributed by atoms with Crippen LogP contribution in [0.5, 0.6) is 11.5 Å². The van der Waals surface area contributed by atoms with Gasteiger partial charge in [-0.3, -0.25) is 4.79 Å². The van der Waals surface area contributed by atoms with Crippen molar-refractivity contribution in [1.29, 1.82) is 0 Å². The van der Waals surface area contributed by atoms with Crippen LogP contribution in [0, 0.1) is 0 Å². The van der Waals surface area contributed by atoms with Gasteiger partial charge in [0.15, 0.2) is 0 Å². The Hall–Kier alpha value is -3.02. The molecule has 6 heteroatoms. The van der Waals surface area contributed by atoms with Gasteiger partial charge in [-0.25, -0.2) is 5.43 Å². The number of phenols is 1. The molecule has 0 aliphatic rings. The van der Waals surface area contributed by atoms with E-state index >= 15 is 0 Å². The first kappa shape index (κ1) is 15.4. The highest BCUT2D eigenvalue weighted by Gasteiger charge is 2.00. The number of hydrazone groups is 1. The van der Waals surface area contributed by atoms with Crippen LogP contribution in [0.1, 0.15) is 5.56 Å². The quantitative estimate of drug-likeness (QED) is 0.562. The molecule has 0 aliphatic carbocycles. The summed E-state index contributed by atoms with van der Waals surface area (Å²) < 4.78 is 5.05. The summed E-state index contributed by atoms with van der Waals surface area (Å²) in [5.74, 6) is 0.571. The number of rotatable bonds is 6. The van der Waals surface area contributed by atoms with Crippen LogP contribution in [0.15, 0.2) is 53.6 Å². The molecule has 0 aliphatic heterocycles. The number of phenolic OH excluding ortho intramolecular Hbond substituents is 1. The predicted molar refractivity (Wildman–Crippen MR) is 85.3 cm³/mol. The van der Waals surface area contributed by atoms with E-state index in [1.807, 2.05) is 12.1 Å². The van der Waals surface area contributed by atoms with Gasteiger partial charge in [-0.15, -0.1) is 0 Å². The van der Waals surface area contributed by atoms with E-state index in [0.29, 0.717) is 5.56 Å². The van der Waals surface area contributed by atoms with Gasteiger partial charge in [-0.1, -0.05) is 12.1 Å². The molecule has 0 fully saturated rings. The van der Waals surface area contributed by atoms with Crippen LogP contribution < -0.4 is 15.5 Å². The monoisotopic (exact) mass is 299 g/mol. The van der Waals surface area contributed by atoms with Crippen LogP contribution >= 0.6 is 0 Å². The molecule has 114 valence electrons. The molecular formula is C16H17N3O3. The first-order chi connectivity index (χ1) is 10.7. The normalized spacial score (nSPS) is 10.4. The summed E-state index contributed by atoms with van der Waals surface area (Å²) in [5.41, 5.74) is 3.72. The van der Waals surface area contributed by atoms with E-state index in [1.165, 1.54) is 6.21 Å². The van der Waals surface area contributed by atoms with Crippen LogP contribution in [0.4, 0.5) is 5.69 Å². The van der Waals surface area contributed by atoms with Crippen LogP contribution in [0.25, 0.3) is 0 Å². The number of ether oxygens (including phenoxy) is 1. The number of hydrogen-bond acceptors (Lipinski definition) is 5. The Morgan fingerprint density at radius 2 is 1.95 bits per heavy atom. The summed E-state index contributed by atoms with van der Waals surface area (Å²) in [4.78, 5) is 11.6. The molecule has 0 heterocycles. The molecule has 0 radical (unpaired) electrons. The second-order valence-electron chi connectivity index (χ2n) is 4.43. The van der Waals surface area contributed by atoms with E-state index in [1.54, 1.807) is 43.5 Å². The molecule has 1 amide bonds. The number of carbonyl (C=O) groups excluding carboxylic acids is 1. The largest absolute Gasteiger partial charge is 0.507 e. The Kier molecular flexibility index (Phi) is 5.37. The van der Waals surface area contributed by atoms with Gasteiger partial charge in [0, 0.05) is 11.3 Å². The number of anilines is 1. The minimum atomic E-state index is -0.289. The Balaban J connectivity index is 1.79. The van der Waals surface area contributed by atoms with Crippen LogP contribution in [-0.4, -0.2) is 30.9 Å². The van der Waals surface area contributed by atoms with Gasteiger partial charge in [-0.2, -0.15) is 5.10 Å². The zero-order valence-electron chi connectivity index (χ0n) is 12.1. The van der Waals surface area contributed by atoms with Gasteiger partial charge in [0.25, 0.3) is 5.91 Å². The molecule has 0 saturated carbocycles. The van der Waals surface area contributed by atoms with Crippen LogP contribution in [0.2, 0.25) is 0 Å². The Bertz CT molecular complexity index is 654. The van der Waals surface area contributed by atoms with Gasteiger partial charge >= 0.3 is 0 Å². The molecule has 22 heavy (non-hydrogen) atoms. The zero-order valence-corrected chi connectivity index (χ0v) is 12.1. The predicted octanol–water partition coefficient (Wildman–Crippen LogP) is 1.96. The first-order valence-corrected chi connectivity index (χ1v) is 6.67. The van der Waals surface area contributed by atoms with E-state index in [4.69, 9.17) is 4.74 Å². The lowest BCUT2D eigenvalue weighted by atomic mass is 10.2. The fourth-order valence-electron chi connectivity index (χ4n) is 1.70. The highest BCUT2D eigenvalue weighted by Crippen LogP contribution is 2.14. The third kappa shape index (κ3) is 4.52. The number of hydrogen-bond donors (Lipinski definition) is 3. The number of nitrogens with zero attached hydrogens (tertiary/aromatic N) is 1. The van der Waals surface area contributed by atoms with Gasteiger partial charge in [0.2, 0.25) is 0 Å². The molecule has 0 aromatic heterocycles. The standard InChI is InChI=1S/C16H17N3O3/c1-22-14-8-6-13(7-9-14)17-11-16(21)19-18-10-12-4-2-3-5-15(12)20/h2-10,17,20H,11H2,1H3,(H,19,21)/b18-10+. The van der Waals surface area contributed by atoms with Crippen molar-refractivity contribution in [3.63, 3.8) is 0 Å². The Morgan fingerprint density at radius 3 is 2.64 bits per heavy atom. The molecule has 3 N–H and O–H groups in total. The lowest BCUT2D eigenvalue weighted by Gasteiger charge is -2.06. The second kappa shape index (κ2) is 7.68. The average Bonchev–Trinajstić information content (AvgIpc) is 2.55. The molecule has 0 unspecified atom stereocenters. The van der Waals surface area contributed by atoms with Crippen molar-refractivity contribution in [2.75, 3.05) is 19.0 Å². The Morgan fingerprint density at radius 1 is 1.23 bits per heavy atom. The summed E-state index contributed by atoms with van der Waals surface area (Å²) in [5, 5.41) is 16.3.